The Morgan fingerprint density at radius 3 is 3.00 bits per heavy atom. The second-order valence-corrected chi connectivity index (χ2v) is 3.97. The molecule has 0 saturated carbocycles. The molecule has 1 unspecified atom stereocenters. The van der Waals surface area contributed by atoms with Crippen LogP contribution in [0.1, 0.15) is 24.5 Å². The molecular formula is C9H14N2O2S. The first-order valence-electron chi connectivity index (χ1n) is 4.53. The van der Waals surface area contributed by atoms with Crippen molar-refractivity contribution in [2.75, 3.05) is 0 Å². The van der Waals surface area contributed by atoms with Gasteiger partial charge in [0.15, 0.2) is 0 Å². The number of aromatic nitrogens is 1. The number of hydrogen-bond donors (Lipinski definition) is 2. The summed E-state index contributed by atoms with van der Waals surface area (Å²) in [5.41, 5.74) is 0.917. The van der Waals surface area contributed by atoms with E-state index in [4.69, 9.17) is 5.11 Å². The van der Waals surface area contributed by atoms with Gasteiger partial charge >= 0.3 is 5.97 Å². The van der Waals surface area contributed by atoms with E-state index < -0.39 is 12.0 Å². The molecule has 0 aliphatic rings. The standard InChI is InChI=1S/C9H14N2O2S/c1-3-8-11-7(5-14-8)4-10-6(2)9(12)13/h5-6,10H,3-4H2,1-2H3,(H,12,13). The van der Waals surface area contributed by atoms with Gasteiger partial charge in [-0.2, -0.15) is 0 Å². The molecular weight excluding hydrogens is 200 g/mol. The van der Waals surface area contributed by atoms with Gasteiger partial charge in [0, 0.05) is 11.9 Å². The van der Waals surface area contributed by atoms with Gasteiger partial charge < -0.3 is 5.11 Å². The number of carbonyl (C=O) groups is 1. The molecule has 1 rings (SSSR count). The normalized spacial score (nSPS) is 12.7. The Hall–Kier alpha value is -0.940. The summed E-state index contributed by atoms with van der Waals surface area (Å²) < 4.78 is 0. The van der Waals surface area contributed by atoms with Gasteiger partial charge in [-0.25, -0.2) is 4.98 Å². The molecule has 0 aliphatic heterocycles. The molecule has 0 bridgehead atoms. The van der Waals surface area contributed by atoms with Crippen LogP contribution < -0.4 is 5.32 Å². The van der Waals surface area contributed by atoms with Crippen molar-refractivity contribution >= 4 is 17.3 Å². The van der Waals surface area contributed by atoms with Crippen molar-refractivity contribution < 1.29 is 9.90 Å². The Balaban J connectivity index is 2.41. The van der Waals surface area contributed by atoms with E-state index in [2.05, 4.69) is 17.2 Å². The third-order valence-corrected chi connectivity index (χ3v) is 2.90. The molecule has 1 heterocycles. The topological polar surface area (TPSA) is 62.2 Å². The Kier molecular flexibility index (Phi) is 4.03. The van der Waals surface area contributed by atoms with Crippen molar-refractivity contribution in [3.8, 4) is 0 Å². The van der Waals surface area contributed by atoms with Crippen molar-refractivity contribution in [3.63, 3.8) is 0 Å². The minimum absolute atomic E-state index is 0.518. The maximum atomic E-state index is 10.5. The molecule has 78 valence electrons. The first-order chi connectivity index (χ1) is 6.63. The SMILES string of the molecule is CCc1nc(CNC(C)C(=O)O)cs1. The minimum Gasteiger partial charge on any atom is -0.480 e. The van der Waals surface area contributed by atoms with Crippen LogP contribution in [0.25, 0.3) is 0 Å². The minimum atomic E-state index is -0.837. The van der Waals surface area contributed by atoms with E-state index in [9.17, 15) is 4.79 Å². The van der Waals surface area contributed by atoms with Crippen LogP contribution in [-0.4, -0.2) is 22.1 Å². The summed E-state index contributed by atoms with van der Waals surface area (Å²) in [5, 5.41) is 14.6. The van der Waals surface area contributed by atoms with Crippen LogP contribution in [0.5, 0.6) is 0 Å². The third-order valence-electron chi connectivity index (χ3n) is 1.86. The van der Waals surface area contributed by atoms with Gasteiger partial charge in [0.05, 0.1) is 10.7 Å². The summed E-state index contributed by atoms with van der Waals surface area (Å²) in [6.45, 7) is 4.19. The lowest BCUT2D eigenvalue weighted by atomic mass is 10.3. The molecule has 0 spiro atoms. The zero-order valence-corrected chi connectivity index (χ0v) is 9.10. The van der Waals surface area contributed by atoms with Crippen molar-refractivity contribution in [2.24, 2.45) is 0 Å². The molecule has 0 aliphatic carbocycles. The summed E-state index contributed by atoms with van der Waals surface area (Å²) in [5.74, 6) is -0.837. The first-order valence-corrected chi connectivity index (χ1v) is 5.41. The van der Waals surface area contributed by atoms with Gasteiger partial charge in [-0.15, -0.1) is 11.3 Å². The number of aryl methyl sites for hydroxylation is 1. The fraction of sp³-hybridized carbons (Fsp3) is 0.556. The lowest BCUT2D eigenvalue weighted by Gasteiger charge is -2.06. The van der Waals surface area contributed by atoms with E-state index in [0.29, 0.717) is 6.54 Å². The van der Waals surface area contributed by atoms with Gasteiger partial charge in [-0.3, -0.25) is 10.1 Å². The number of nitrogens with zero attached hydrogens (tertiary/aromatic N) is 1. The van der Waals surface area contributed by atoms with Crippen LogP contribution in [0.3, 0.4) is 0 Å². The zero-order valence-electron chi connectivity index (χ0n) is 8.28. The van der Waals surface area contributed by atoms with Gasteiger partial charge in [0.25, 0.3) is 0 Å². The van der Waals surface area contributed by atoms with Crippen LogP contribution >= 0.6 is 11.3 Å². The zero-order chi connectivity index (χ0) is 10.6. The number of hydrogen-bond acceptors (Lipinski definition) is 4. The number of carboxylic acids is 1. The van der Waals surface area contributed by atoms with Crippen LogP contribution in [-0.2, 0) is 17.8 Å². The number of rotatable bonds is 5. The van der Waals surface area contributed by atoms with Gasteiger partial charge in [-0.05, 0) is 13.3 Å². The van der Waals surface area contributed by atoms with Crippen molar-refractivity contribution in [1.29, 1.82) is 0 Å². The van der Waals surface area contributed by atoms with Crippen molar-refractivity contribution in [2.45, 2.75) is 32.9 Å². The highest BCUT2D eigenvalue weighted by atomic mass is 32.1. The number of carboxylic acid groups (broad SMARTS) is 1. The van der Waals surface area contributed by atoms with E-state index in [1.54, 1.807) is 18.3 Å². The van der Waals surface area contributed by atoms with Gasteiger partial charge in [-0.1, -0.05) is 6.92 Å². The van der Waals surface area contributed by atoms with E-state index in [-0.39, 0.29) is 0 Å². The maximum absolute atomic E-state index is 10.5. The largest absolute Gasteiger partial charge is 0.480 e. The molecule has 5 heteroatoms. The third kappa shape index (κ3) is 3.08. The Bertz CT molecular complexity index is 312. The summed E-state index contributed by atoms with van der Waals surface area (Å²) in [4.78, 5) is 14.8. The predicted octanol–water partition coefficient (Wildman–Crippen LogP) is 1.27. The highest BCUT2D eigenvalue weighted by molar-refractivity contribution is 7.09. The molecule has 4 nitrogen and oxygen atoms in total. The highest BCUT2D eigenvalue weighted by Crippen LogP contribution is 2.09. The molecule has 0 amide bonds. The lowest BCUT2D eigenvalue weighted by molar-refractivity contribution is -0.139. The van der Waals surface area contributed by atoms with Crippen LogP contribution in [0, 0.1) is 0 Å². The monoisotopic (exact) mass is 214 g/mol. The molecule has 0 fully saturated rings. The molecule has 14 heavy (non-hydrogen) atoms. The summed E-state index contributed by atoms with van der Waals surface area (Å²) in [6, 6.07) is -0.526. The van der Waals surface area contributed by atoms with Crippen molar-refractivity contribution in [3.05, 3.63) is 16.1 Å². The molecule has 1 aromatic rings. The quantitative estimate of drug-likeness (QED) is 0.774. The van der Waals surface area contributed by atoms with Crippen LogP contribution in [0.15, 0.2) is 5.38 Å². The Morgan fingerprint density at radius 1 is 1.79 bits per heavy atom. The predicted molar refractivity (Wildman–Crippen MR) is 55.4 cm³/mol. The second kappa shape index (κ2) is 5.07. The fourth-order valence-electron chi connectivity index (χ4n) is 0.937. The summed E-state index contributed by atoms with van der Waals surface area (Å²) >= 11 is 1.61. The average molecular weight is 214 g/mol. The Morgan fingerprint density at radius 2 is 2.50 bits per heavy atom. The number of nitrogens with one attached hydrogen (secondary N) is 1. The Labute approximate surface area is 87.0 Å². The average Bonchev–Trinajstić information content (AvgIpc) is 2.61. The van der Waals surface area contributed by atoms with Gasteiger partial charge in [0.1, 0.15) is 6.04 Å². The molecule has 2 N–H and O–H groups in total. The van der Waals surface area contributed by atoms with Gasteiger partial charge in [0.2, 0.25) is 0 Å². The van der Waals surface area contributed by atoms with Crippen molar-refractivity contribution in [1.82, 2.24) is 10.3 Å². The fourth-order valence-corrected chi connectivity index (χ4v) is 1.68. The second-order valence-electron chi connectivity index (χ2n) is 3.03. The van der Waals surface area contributed by atoms with E-state index >= 15 is 0 Å². The molecule has 1 atom stereocenters. The number of thiazole rings is 1. The van der Waals surface area contributed by atoms with Crippen LogP contribution in [0.4, 0.5) is 0 Å². The summed E-state index contributed by atoms with van der Waals surface area (Å²) in [6.07, 6.45) is 0.930. The van der Waals surface area contributed by atoms with E-state index in [0.717, 1.165) is 17.1 Å². The van der Waals surface area contributed by atoms with E-state index in [1.807, 2.05) is 5.38 Å². The molecule has 0 aromatic carbocycles. The summed E-state index contributed by atoms with van der Waals surface area (Å²) in [7, 11) is 0. The smallest absolute Gasteiger partial charge is 0.320 e. The molecule has 0 radical (unpaired) electrons. The van der Waals surface area contributed by atoms with Crippen LogP contribution in [0.2, 0.25) is 0 Å². The number of aliphatic carboxylic acids is 1. The maximum Gasteiger partial charge on any atom is 0.320 e. The lowest BCUT2D eigenvalue weighted by Crippen LogP contribution is -2.33. The highest BCUT2D eigenvalue weighted by Gasteiger charge is 2.10. The van der Waals surface area contributed by atoms with E-state index in [1.165, 1.54) is 0 Å². The molecule has 0 saturated heterocycles. The molecule has 1 aromatic heterocycles. The first kappa shape index (κ1) is 11.1.